The summed E-state index contributed by atoms with van der Waals surface area (Å²) in [5.41, 5.74) is 0.834. The Morgan fingerprint density at radius 1 is 1.17 bits per heavy atom. The van der Waals surface area contributed by atoms with Gasteiger partial charge in [-0.25, -0.2) is 0 Å². The Balaban J connectivity index is 1.90. The van der Waals surface area contributed by atoms with E-state index in [2.05, 4.69) is 10.1 Å². The fraction of sp³-hybridized carbons (Fsp3) is 0.167. The molecule has 2 aromatic rings. The van der Waals surface area contributed by atoms with E-state index in [0.29, 0.717) is 6.54 Å². The first-order chi connectivity index (χ1) is 8.63. The van der Waals surface area contributed by atoms with Crippen LogP contribution in [0.2, 0.25) is 4.34 Å². The van der Waals surface area contributed by atoms with Crippen LogP contribution >= 0.6 is 22.9 Å². The van der Waals surface area contributed by atoms with E-state index in [4.69, 9.17) is 11.6 Å². The highest BCUT2D eigenvalue weighted by Gasteiger charge is 2.03. The van der Waals surface area contributed by atoms with Crippen molar-refractivity contribution in [2.45, 2.75) is 13.2 Å². The van der Waals surface area contributed by atoms with Crippen LogP contribution in [0.1, 0.15) is 4.88 Å². The van der Waals surface area contributed by atoms with Crippen molar-refractivity contribution in [3.05, 3.63) is 45.6 Å². The molecule has 6 heteroatoms. The molecule has 1 N–H and O–H groups in total. The van der Waals surface area contributed by atoms with E-state index in [1.54, 1.807) is 12.1 Å². The van der Waals surface area contributed by atoms with Crippen LogP contribution in [0.4, 0.5) is 14.5 Å². The smallest absolute Gasteiger partial charge is 0.387 e. The fourth-order valence-electron chi connectivity index (χ4n) is 1.39. The van der Waals surface area contributed by atoms with Crippen molar-refractivity contribution in [1.29, 1.82) is 0 Å². The van der Waals surface area contributed by atoms with Crippen molar-refractivity contribution >= 4 is 28.6 Å². The van der Waals surface area contributed by atoms with Gasteiger partial charge in [-0.05, 0) is 36.4 Å². The van der Waals surface area contributed by atoms with Crippen LogP contribution in [-0.4, -0.2) is 6.61 Å². The molecule has 1 aromatic carbocycles. The largest absolute Gasteiger partial charge is 0.435 e. The number of anilines is 1. The highest BCUT2D eigenvalue weighted by molar-refractivity contribution is 7.16. The number of ether oxygens (including phenoxy) is 1. The number of nitrogens with one attached hydrogen (secondary N) is 1. The van der Waals surface area contributed by atoms with Crippen LogP contribution in [-0.2, 0) is 6.54 Å². The van der Waals surface area contributed by atoms with Gasteiger partial charge in [-0.15, -0.1) is 11.3 Å². The third-order valence-electron chi connectivity index (χ3n) is 2.18. The fourth-order valence-corrected chi connectivity index (χ4v) is 2.42. The molecule has 96 valence electrons. The van der Waals surface area contributed by atoms with Gasteiger partial charge in [-0.3, -0.25) is 0 Å². The summed E-state index contributed by atoms with van der Waals surface area (Å²) < 4.78 is 28.9. The van der Waals surface area contributed by atoms with Gasteiger partial charge in [-0.1, -0.05) is 11.6 Å². The summed E-state index contributed by atoms with van der Waals surface area (Å²) in [6.45, 7) is -2.15. The summed E-state index contributed by atoms with van der Waals surface area (Å²) in [5.74, 6) is 0.148. The van der Waals surface area contributed by atoms with Crippen molar-refractivity contribution in [2.75, 3.05) is 5.32 Å². The molecule has 1 aromatic heterocycles. The van der Waals surface area contributed by atoms with Gasteiger partial charge in [-0.2, -0.15) is 8.78 Å². The first-order valence-electron chi connectivity index (χ1n) is 5.16. The highest BCUT2D eigenvalue weighted by Crippen LogP contribution is 2.23. The van der Waals surface area contributed by atoms with Gasteiger partial charge in [0.15, 0.2) is 0 Å². The minimum absolute atomic E-state index is 0.148. The van der Waals surface area contributed by atoms with Crippen molar-refractivity contribution < 1.29 is 13.5 Å². The standard InChI is InChI=1S/C12H10ClF2NOS/c13-11-6-5-10(18-11)7-16-8-1-3-9(4-2-8)17-12(14)15/h1-6,12,16H,7H2. The normalized spacial score (nSPS) is 10.7. The summed E-state index contributed by atoms with van der Waals surface area (Å²) in [4.78, 5) is 1.10. The van der Waals surface area contributed by atoms with E-state index < -0.39 is 6.61 Å². The van der Waals surface area contributed by atoms with E-state index in [0.717, 1.165) is 14.9 Å². The quantitative estimate of drug-likeness (QED) is 0.867. The number of alkyl halides is 2. The monoisotopic (exact) mass is 289 g/mol. The zero-order chi connectivity index (χ0) is 13.0. The SMILES string of the molecule is FC(F)Oc1ccc(NCc2ccc(Cl)s2)cc1. The van der Waals surface area contributed by atoms with E-state index in [-0.39, 0.29) is 5.75 Å². The molecule has 0 unspecified atom stereocenters. The van der Waals surface area contributed by atoms with Gasteiger partial charge in [0.25, 0.3) is 0 Å². The zero-order valence-electron chi connectivity index (χ0n) is 9.20. The minimum atomic E-state index is -2.79. The lowest BCUT2D eigenvalue weighted by Crippen LogP contribution is -2.02. The Labute approximate surface area is 112 Å². The molecule has 0 bridgehead atoms. The molecule has 0 amide bonds. The third kappa shape index (κ3) is 3.85. The molecule has 2 nitrogen and oxygen atoms in total. The van der Waals surface area contributed by atoms with E-state index >= 15 is 0 Å². The average molecular weight is 290 g/mol. The maximum Gasteiger partial charge on any atom is 0.387 e. The molecular weight excluding hydrogens is 280 g/mol. The Morgan fingerprint density at radius 2 is 1.89 bits per heavy atom. The molecule has 0 aliphatic rings. The molecule has 0 saturated carbocycles. The van der Waals surface area contributed by atoms with E-state index in [9.17, 15) is 8.78 Å². The predicted octanol–water partition coefficient (Wildman–Crippen LogP) is 4.62. The summed E-state index contributed by atoms with van der Waals surface area (Å²) in [7, 11) is 0. The molecule has 0 saturated heterocycles. The minimum Gasteiger partial charge on any atom is -0.435 e. The van der Waals surface area contributed by atoms with Gasteiger partial charge < -0.3 is 10.1 Å². The van der Waals surface area contributed by atoms with E-state index in [1.165, 1.54) is 23.5 Å². The van der Waals surface area contributed by atoms with Crippen LogP contribution in [0.3, 0.4) is 0 Å². The summed E-state index contributed by atoms with van der Waals surface area (Å²) >= 11 is 7.31. The Morgan fingerprint density at radius 3 is 2.44 bits per heavy atom. The van der Waals surface area contributed by atoms with Crippen molar-refractivity contribution in [3.63, 3.8) is 0 Å². The molecule has 18 heavy (non-hydrogen) atoms. The summed E-state index contributed by atoms with van der Waals surface area (Å²) in [5, 5.41) is 3.16. The molecule has 2 rings (SSSR count). The van der Waals surface area contributed by atoms with Crippen LogP contribution in [0, 0.1) is 0 Å². The molecule has 0 aliphatic heterocycles. The lowest BCUT2D eigenvalue weighted by atomic mass is 10.3. The molecule has 0 atom stereocenters. The number of hydrogen-bond acceptors (Lipinski definition) is 3. The average Bonchev–Trinajstić information content (AvgIpc) is 2.74. The van der Waals surface area contributed by atoms with Crippen LogP contribution < -0.4 is 10.1 Å². The lowest BCUT2D eigenvalue weighted by molar-refractivity contribution is -0.0498. The number of benzene rings is 1. The topological polar surface area (TPSA) is 21.3 Å². The third-order valence-corrected chi connectivity index (χ3v) is 3.41. The second kappa shape index (κ2) is 6.02. The lowest BCUT2D eigenvalue weighted by Gasteiger charge is -2.07. The van der Waals surface area contributed by atoms with E-state index in [1.807, 2.05) is 12.1 Å². The molecular formula is C12H10ClF2NOS. The van der Waals surface area contributed by atoms with Gasteiger partial charge in [0.1, 0.15) is 5.75 Å². The zero-order valence-corrected chi connectivity index (χ0v) is 10.8. The molecule has 1 heterocycles. The molecule has 0 radical (unpaired) electrons. The number of hydrogen-bond donors (Lipinski definition) is 1. The van der Waals surface area contributed by atoms with Crippen molar-refractivity contribution in [1.82, 2.24) is 0 Å². The van der Waals surface area contributed by atoms with Crippen LogP contribution in [0.15, 0.2) is 36.4 Å². The molecule has 0 aliphatic carbocycles. The van der Waals surface area contributed by atoms with Crippen molar-refractivity contribution in [2.24, 2.45) is 0 Å². The predicted molar refractivity (Wildman–Crippen MR) is 69.7 cm³/mol. The first-order valence-corrected chi connectivity index (χ1v) is 6.36. The number of thiophene rings is 1. The maximum atomic E-state index is 11.9. The molecule has 0 fully saturated rings. The Bertz CT molecular complexity index is 501. The van der Waals surface area contributed by atoms with Gasteiger partial charge in [0.05, 0.1) is 4.34 Å². The summed E-state index contributed by atoms with van der Waals surface area (Å²) in [6.07, 6.45) is 0. The van der Waals surface area contributed by atoms with Crippen LogP contribution in [0.25, 0.3) is 0 Å². The molecule has 0 spiro atoms. The Kier molecular flexibility index (Phi) is 4.38. The van der Waals surface area contributed by atoms with Gasteiger partial charge in [0.2, 0.25) is 0 Å². The first kappa shape index (κ1) is 13.1. The number of halogens is 3. The second-order valence-electron chi connectivity index (χ2n) is 3.46. The maximum absolute atomic E-state index is 11.9. The highest BCUT2D eigenvalue weighted by atomic mass is 35.5. The second-order valence-corrected chi connectivity index (χ2v) is 5.26. The van der Waals surface area contributed by atoms with Crippen molar-refractivity contribution in [3.8, 4) is 5.75 Å². The Hall–Kier alpha value is -1.33. The van der Waals surface area contributed by atoms with Gasteiger partial charge in [0, 0.05) is 17.1 Å². The summed E-state index contributed by atoms with van der Waals surface area (Å²) in [6, 6.07) is 10.1. The van der Waals surface area contributed by atoms with Gasteiger partial charge >= 0.3 is 6.61 Å². The number of rotatable bonds is 5. The van der Waals surface area contributed by atoms with Crippen LogP contribution in [0.5, 0.6) is 5.75 Å².